The van der Waals surface area contributed by atoms with E-state index in [4.69, 9.17) is 0 Å². The van der Waals surface area contributed by atoms with Crippen molar-refractivity contribution in [2.45, 2.75) is 13.3 Å². The van der Waals surface area contributed by atoms with E-state index < -0.39 is 23.5 Å². The van der Waals surface area contributed by atoms with Crippen molar-refractivity contribution in [3.05, 3.63) is 54.4 Å². The number of amides is 2. The van der Waals surface area contributed by atoms with Gasteiger partial charge in [0.1, 0.15) is 0 Å². The second-order valence-corrected chi connectivity index (χ2v) is 6.12. The lowest BCUT2D eigenvalue weighted by atomic mass is 9.86. The first kappa shape index (κ1) is 17.7. The molecule has 0 bridgehead atoms. The number of benzene rings is 1. The van der Waals surface area contributed by atoms with Gasteiger partial charge in [-0.2, -0.15) is 0 Å². The molecule has 7 nitrogen and oxygen atoms in total. The predicted molar refractivity (Wildman–Crippen MR) is 95.2 cm³/mol. The summed E-state index contributed by atoms with van der Waals surface area (Å²) in [6.07, 6.45) is 3.47. The summed E-state index contributed by atoms with van der Waals surface area (Å²) in [5.74, 6) is -2.54. The molecule has 2 aromatic rings. The summed E-state index contributed by atoms with van der Waals surface area (Å²) in [6, 6.07) is 11.1. The highest BCUT2D eigenvalue weighted by molar-refractivity contribution is 6.38. The average Bonchev–Trinajstić information content (AvgIpc) is 2.99. The Hall–Kier alpha value is -3.09. The molecule has 1 aromatic heterocycles. The fourth-order valence-electron chi connectivity index (χ4n) is 3.18. The highest BCUT2D eigenvalue weighted by atomic mass is 16.2. The van der Waals surface area contributed by atoms with Gasteiger partial charge in [-0.1, -0.05) is 30.3 Å². The first-order chi connectivity index (χ1) is 12.6. The maximum atomic E-state index is 13.0. The smallest absolute Gasteiger partial charge is 0.287 e. The molecule has 1 aromatic carbocycles. The van der Waals surface area contributed by atoms with Crippen LogP contribution in [0.4, 0.5) is 5.95 Å². The van der Waals surface area contributed by atoms with Crippen LogP contribution in [0.5, 0.6) is 0 Å². The number of aromatic nitrogens is 2. The monoisotopic (exact) mass is 352 g/mol. The van der Waals surface area contributed by atoms with Crippen LogP contribution in [0.2, 0.25) is 0 Å². The van der Waals surface area contributed by atoms with Gasteiger partial charge < -0.3 is 5.32 Å². The lowest BCUT2D eigenvalue weighted by molar-refractivity contribution is -0.141. The van der Waals surface area contributed by atoms with Gasteiger partial charge in [0.15, 0.2) is 0 Å². The van der Waals surface area contributed by atoms with Crippen LogP contribution < -0.4 is 10.2 Å². The molecule has 2 amide bonds. The van der Waals surface area contributed by atoms with E-state index in [2.05, 4.69) is 15.3 Å². The van der Waals surface area contributed by atoms with Gasteiger partial charge in [0.25, 0.3) is 5.91 Å². The molecule has 0 saturated carbocycles. The second kappa shape index (κ2) is 7.86. The standard InChI is InChI=1S/C19H20N4O3/c1-2-20-17(25)16(24)15-12-23(19-21-9-6-10-22-19)18(26)14(15)11-13-7-4-3-5-8-13/h3-10,14-15H,2,11-12H2,1H3,(H,20,25)/t14-,15+/m1/s1. The van der Waals surface area contributed by atoms with Crippen molar-refractivity contribution in [3.8, 4) is 0 Å². The molecule has 1 aliphatic rings. The second-order valence-electron chi connectivity index (χ2n) is 6.12. The number of Topliss-reactive ketones (excluding diaryl/α,β-unsaturated/α-hetero) is 1. The fourth-order valence-corrected chi connectivity index (χ4v) is 3.18. The van der Waals surface area contributed by atoms with Crippen molar-refractivity contribution >= 4 is 23.5 Å². The Morgan fingerprint density at radius 3 is 2.50 bits per heavy atom. The zero-order chi connectivity index (χ0) is 18.5. The van der Waals surface area contributed by atoms with Gasteiger partial charge in [0.05, 0.1) is 11.8 Å². The first-order valence-electron chi connectivity index (χ1n) is 8.56. The molecule has 7 heteroatoms. The maximum absolute atomic E-state index is 13.0. The van der Waals surface area contributed by atoms with Gasteiger partial charge in [-0.05, 0) is 25.0 Å². The van der Waals surface area contributed by atoms with Gasteiger partial charge in [-0.25, -0.2) is 9.97 Å². The summed E-state index contributed by atoms with van der Waals surface area (Å²) in [7, 11) is 0. The molecule has 3 rings (SSSR count). The quantitative estimate of drug-likeness (QED) is 0.783. The number of hydrogen-bond donors (Lipinski definition) is 1. The van der Waals surface area contributed by atoms with E-state index in [9.17, 15) is 14.4 Å². The lowest BCUT2D eigenvalue weighted by Gasteiger charge is -2.15. The molecule has 1 saturated heterocycles. The van der Waals surface area contributed by atoms with Crippen molar-refractivity contribution in [1.29, 1.82) is 0 Å². The molecule has 1 fully saturated rings. The van der Waals surface area contributed by atoms with Crippen molar-refractivity contribution in [1.82, 2.24) is 15.3 Å². The van der Waals surface area contributed by atoms with E-state index in [-0.39, 0.29) is 18.4 Å². The number of carbonyl (C=O) groups is 3. The molecule has 2 heterocycles. The van der Waals surface area contributed by atoms with E-state index in [0.29, 0.717) is 13.0 Å². The molecule has 1 aliphatic heterocycles. The maximum Gasteiger partial charge on any atom is 0.287 e. The zero-order valence-corrected chi connectivity index (χ0v) is 14.5. The zero-order valence-electron chi connectivity index (χ0n) is 14.5. The number of carbonyl (C=O) groups excluding carboxylic acids is 3. The topological polar surface area (TPSA) is 92.3 Å². The Labute approximate surface area is 151 Å². The van der Waals surface area contributed by atoms with Crippen LogP contribution in [0, 0.1) is 11.8 Å². The van der Waals surface area contributed by atoms with E-state index in [1.165, 1.54) is 4.90 Å². The number of likely N-dealkylation sites (N-methyl/N-ethyl adjacent to an activating group) is 1. The molecule has 0 aliphatic carbocycles. The Kier molecular flexibility index (Phi) is 5.36. The van der Waals surface area contributed by atoms with Crippen LogP contribution in [0.1, 0.15) is 12.5 Å². The third-order valence-corrected chi connectivity index (χ3v) is 4.44. The summed E-state index contributed by atoms with van der Waals surface area (Å²) >= 11 is 0. The van der Waals surface area contributed by atoms with Gasteiger partial charge in [-0.3, -0.25) is 19.3 Å². The molecule has 26 heavy (non-hydrogen) atoms. The highest BCUT2D eigenvalue weighted by Crippen LogP contribution is 2.31. The van der Waals surface area contributed by atoms with Crippen LogP contribution in [-0.2, 0) is 20.8 Å². The average molecular weight is 352 g/mol. The Bertz CT molecular complexity index is 795. The number of hydrogen-bond acceptors (Lipinski definition) is 5. The van der Waals surface area contributed by atoms with Crippen LogP contribution in [-0.4, -0.2) is 40.7 Å². The van der Waals surface area contributed by atoms with Crippen molar-refractivity contribution < 1.29 is 14.4 Å². The van der Waals surface area contributed by atoms with Crippen LogP contribution in [0.3, 0.4) is 0 Å². The fraction of sp³-hybridized carbons (Fsp3) is 0.316. The van der Waals surface area contributed by atoms with E-state index in [1.807, 2.05) is 30.3 Å². The van der Waals surface area contributed by atoms with Crippen LogP contribution >= 0.6 is 0 Å². The minimum absolute atomic E-state index is 0.107. The third-order valence-electron chi connectivity index (χ3n) is 4.44. The molecular weight excluding hydrogens is 332 g/mol. The van der Waals surface area contributed by atoms with Crippen LogP contribution in [0.15, 0.2) is 48.8 Å². The Morgan fingerprint density at radius 1 is 1.15 bits per heavy atom. The van der Waals surface area contributed by atoms with Gasteiger partial charge >= 0.3 is 0 Å². The summed E-state index contributed by atoms with van der Waals surface area (Å²) in [6.45, 7) is 2.22. The summed E-state index contributed by atoms with van der Waals surface area (Å²) in [4.78, 5) is 47.3. The summed E-state index contributed by atoms with van der Waals surface area (Å²) in [5.41, 5.74) is 0.940. The number of anilines is 1. The van der Waals surface area contributed by atoms with Gasteiger partial charge in [0.2, 0.25) is 17.6 Å². The van der Waals surface area contributed by atoms with Gasteiger partial charge in [0, 0.05) is 25.5 Å². The highest BCUT2D eigenvalue weighted by Gasteiger charge is 2.47. The third kappa shape index (κ3) is 3.61. The molecule has 2 atom stereocenters. The Morgan fingerprint density at radius 2 is 1.85 bits per heavy atom. The van der Waals surface area contributed by atoms with Crippen molar-refractivity contribution in [2.24, 2.45) is 11.8 Å². The number of nitrogens with one attached hydrogen (secondary N) is 1. The minimum atomic E-state index is -0.724. The van der Waals surface area contributed by atoms with E-state index >= 15 is 0 Å². The molecule has 134 valence electrons. The first-order valence-corrected chi connectivity index (χ1v) is 8.56. The largest absolute Gasteiger partial charge is 0.350 e. The van der Waals surface area contributed by atoms with Crippen LogP contribution in [0.25, 0.3) is 0 Å². The molecule has 0 spiro atoms. The minimum Gasteiger partial charge on any atom is -0.350 e. The Balaban J connectivity index is 1.89. The summed E-state index contributed by atoms with van der Waals surface area (Å²) in [5, 5.41) is 2.53. The molecular formula is C19H20N4O3. The molecule has 0 radical (unpaired) electrons. The number of ketones is 1. The molecule has 1 N–H and O–H groups in total. The van der Waals surface area contributed by atoms with Crippen molar-refractivity contribution in [2.75, 3.05) is 18.0 Å². The normalized spacial score (nSPS) is 19.4. The predicted octanol–water partition coefficient (Wildman–Crippen LogP) is 1.00. The SMILES string of the molecule is CCNC(=O)C(=O)[C@H]1CN(c2ncccn2)C(=O)[C@@H]1Cc1ccccc1. The molecule has 0 unspecified atom stereocenters. The number of rotatable bonds is 6. The lowest BCUT2D eigenvalue weighted by Crippen LogP contribution is -2.38. The van der Waals surface area contributed by atoms with Gasteiger partial charge in [-0.15, -0.1) is 0 Å². The van der Waals surface area contributed by atoms with Crippen molar-refractivity contribution in [3.63, 3.8) is 0 Å². The van der Waals surface area contributed by atoms with E-state index in [0.717, 1.165) is 5.56 Å². The summed E-state index contributed by atoms with van der Waals surface area (Å²) < 4.78 is 0. The number of nitrogens with zero attached hydrogens (tertiary/aromatic N) is 3. The van der Waals surface area contributed by atoms with E-state index in [1.54, 1.807) is 25.4 Å².